The molecule has 2 nitrogen and oxygen atoms in total. The molecule has 27 heavy (non-hydrogen) atoms. The third kappa shape index (κ3) is 5.51. The van der Waals surface area contributed by atoms with Gasteiger partial charge in [0.25, 0.3) is 0 Å². The van der Waals surface area contributed by atoms with E-state index in [-0.39, 0.29) is 11.0 Å². The summed E-state index contributed by atoms with van der Waals surface area (Å²) in [5.74, 6) is 2.46. The van der Waals surface area contributed by atoms with Crippen LogP contribution in [0.15, 0.2) is 36.4 Å². The molecule has 0 saturated heterocycles. The molecule has 0 aliphatic heterocycles. The Labute approximate surface area is 165 Å². The number of rotatable bonds is 6. The molecule has 0 unspecified atom stereocenters. The standard InChI is InChI=1S/C25H36O2/c1-17(2)16-26-22-12-10-20(14-18(22)3)25(8,9)21-11-13-23(19(4)15-21)27-24(5,6)7/h10-15,17H,16H2,1-9H3. The smallest absolute Gasteiger partial charge is 0.123 e. The quantitative estimate of drug-likeness (QED) is 0.555. The van der Waals surface area contributed by atoms with Crippen LogP contribution in [0.25, 0.3) is 0 Å². The molecule has 148 valence electrons. The van der Waals surface area contributed by atoms with Crippen LogP contribution in [0, 0.1) is 19.8 Å². The predicted molar refractivity (Wildman–Crippen MR) is 115 cm³/mol. The fourth-order valence-electron chi connectivity index (χ4n) is 3.11. The van der Waals surface area contributed by atoms with Crippen molar-refractivity contribution in [2.75, 3.05) is 6.61 Å². The van der Waals surface area contributed by atoms with Gasteiger partial charge in [-0.3, -0.25) is 0 Å². The molecule has 0 heterocycles. The minimum atomic E-state index is -0.190. The van der Waals surface area contributed by atoms with E-state index in [4.69, 9.17) is 9.47 Å². The van der Waals surface area contributed by atoms with Crippen molar-refractivity contribution in [3.05, 3.63) is 58.7 Å². The minimum absolute atomic E-state index is 0.0909. The van der Waals surface area contributed by atoms with E-state index in [1.807, 2.05) is 0 Å². The van der Waals surface area contributed by atoms with E-state index >= 15 is 0 Å². The molecule has 2 heteroatoms. The Balaban J connectivity index is 2.30. The van der Waals surface area contributed by atoms with Gasteiger partial charge in [0.1, 0.15) is 17.1 Å². The summed E-state index contributed by atoms with van der Waals surface area (Å²) < 4.78 is 12.0. The van der Waals surface area contributed by atoms with Crippen molar-refractivity contribution in [3.8, 4) is 11.5 Å². The van der Waals surface area contributed by atoms with Gasteiger partial charge in [-0.05, 0) is 74.9 Å². The highest BCUT2D eigenvalue weighted by molar-refractivity contribution is 5.47. The van der Waals surface area contributed by atoms with Crippen molar-refractivity contribution in [1.82, 2.24) is 0 Å². The fourth-order valence-corrected chi connectivity index (χ4v) is 3.11. The van der Waals surface area contributed by atoms with Crippen LogP contribution in [0.2, 0.25) is 0 Å². The number of aryl methyl sites for hydroxylation is 2. The second-order valence-corrected chi connectivity index (χ2v) is 9.50. The summed E-state index contributed by atoms with van der Waals surface area (Å²) in [6, 6.07) is 13.1. The molecule has 0 spiro atoms. The van der Waals surface area contributed by atoms with Gasteiger partial charge < -0.3 is 9.47 Å². The zero-order chi connectivity index (χ0) is 20.4. The number of benzene rings is 2. The molecule has 0 aliphatic rings. The Morgan fingerprint density at radius 3 is 1.67 bits per heavy atom. The Bertz CT molecular complexity index is 779. The van der Waals surface area contributed by atoms with Crippen molar-refractivity contribution in [2.45, 2.75) is 73.3 Å². The SMILES string of the molecule is Cc1cc(C(C)(C)c2ccc(OC(C)(C)C)c(C)c2)ccc1OCC(C)C. The van der Waals surface area contributed by atoms with E-state index in [1.165, 1.54) is 22.3 Å². The molecule has 2 aromatic carbocycles. The zero-order valence-electron chi connectivity index (χ0n) is 18.6. The Hall–Kier alpha value is -1.96. The molecule has 0 atom stereocenters. The molecular weight excluding hydrogens is 332 g/mol. The highest BCUT2D eigenvalue weighted by Crippen LogP contribution is 2.36. The van der Waals surface area contributed by atoms with E-state index in [0.717, 1.165) is 18.1 Å². The van der Waals surface area contributed by atoms with E-state index in [1.54, 1.807) is 0 Å². The maximum atomic E-state index is 6.07. The highest BCUT2D eigenvalue weighted by Gasteiger charge is 2.25. The monoisotopic (exact) mass is 368 g/mol. The van der Waals surface area contributed by atoms with Gasteiger partial charge in [-0.2, -0.15) is 0 Å². The van der Waals surface area contributed by atoms with Gasteiger partial charge in [0.2, 0.25) is 0 Å². The number of hydrogen-bond acceptors (Lipinski definition) is 2. The first kappa shape index (κ1) is 21.3. The van der Waals surface area contributed by atoms with Crippen LogP contribution in [-0.4, -0.2) is 12.2 Å². The Morgan fingerprint density at radius 1 is 0.778 bits per heavy atom. The predicted octanol–water partition coefficient (Wildman–Crippen LogP) is 6.84. The van der Waals surface area contributed by atoms with Gasteiger partial charge in [0, 0.05) is 5.41 Å². The summed E-state index contributed by atoms with van der Waals surface area (Å²) in [4.78, 5) is 0. The first-order valence-corrected chi connectivity index (χ1v) is 9.94. The summed E-state index contributed by atoms with van der Waals surface area (Å²) in [6.07, 6.45) is 0. The molecule has 0 amide bonds. The van der Waals surface area contributed by atoms with Crippen LogP contribution in [0.4, 0.5) is 0 Å². The van der Waals surface area contributed by atoms with Gasteiger partial charge in [-0.1, -0.05) is 52.0 Å². The Morgan fingerprint density at radius 2 is 1.26 bits per heavy atom. The van der Waals surface area contributed by atoms with Gasteiger partial charge in [-0.15, -0.1) is 0 Å². The largest absolute Gasteiger partial charge is 0.493 e. The second-order valence-electron chi connectivity index (χ2n) is 9.50. The van der Waals surface area contributed by atoms with Crippen molar-refractivity contribution < 1.29 is 9.47 Å². The fraction of sp³-hybridized carbons (Fsp3) is 0.520. The summed E-state index contributed by atoms with van der Waals surface area (Å²) in [5.41, 5.74) is 4.66. The average Bonchev–Trinajstić information content (AvgIpc) is 2.54. The van der Waals surface area contributed by atoms with Gasteiger partial charge in [0.15, 0.2) is 0 Å². The summed E-state index contributed by atoms with van der Waals surface area (Å²) in [7, 11) is 0. The third-order valence-electron chi connectivity index (χ3n) is 4.78. The second kappa shape index (κ2) is 7.96. The highest BCUT2D eigenvalue weighted by atomic mass is 16.5. The number of ether oxygens (including phenoxy) is 2. The van der Waals surface area contributed by atoms with Crippen LogP contribution in [-0.2, 0) is 5.41 Å². The average molecular weight is 369 g/mol. The lowest BCUT2D eigenvalue weighted by Gasteiger charge is -2.29. The third-order valence-corrected chi connectivity index (χ3v) is 4.78. The molecule has 0 aliphatic carbocycles. The van der Waals surface area contributed by atoms with Crippen molar-refractivity contribution in [3.63, 3.8) is 0 Å². The molecule has 0 N–H and O–H groups in total. The lowest BCUT2D eigenvalue weighted by atomic mass is 9.77. The van der Waals surface area contributed by atoms with Crippen molar-refractivity contribution in [1.29, 1.82) is 0 Å². The van der Waals surface area contributed by atoms with Crippen molar-refractivity contribution in [2.24, 2.45) is 5.92 Å². The molecule has 2 aromatic rings. The van der Waals surface area contributed by atoms with E-state index in [0.29, 0.717) is 5.92 Å². The maximum absolute atomic E-state index is 6.07. The number of hydrogen-bond donors (Lipinski definition) is 0. The van der Waals surface area contributed by atoms with Crippen molar-refractivity contribution >= 4 is 0 Å². The lowest BCUT2D eigenvalue weighted by Crippen LogP contribution is -2.24. The molecule has 2 rings (SSSR count). The summed E-state index contributed by atoms with van der Waals surface area (Å²) >= 11 is 0. The normalized spacial score (nSPS) is 12.4. The lowest BCUT2D eigenvalue weighted by molar-refractivity contribution is 0.130. The topological polar surface area (TPSA) is 18.5 Å². The first-order chi connectivity index (χ1) is 12.4. The van der Waals surface area contributed by atoms with E-state index in [2.05, 4.69) is 98.7 Å². The van der Waals surface area contributed by atoms with Crippen LogP contribution in [0.3, 0.4) is 0 Å². The van der Waals surface area contributed by atoms with Crippen LogP contribution < -0.4 is 9.47 Å². The molecule has 0 bridgehead atoms. The van der Waals surface area contributed by atoms with Gasteiger partial charge in [-0.25, -0.2) is 0 Å². The maximum Gasteiger partial charge on any atom is 0.123 e. The molecular formula is C25H36O2. The summed E-state index contributed by atoms with van der Waals surface area (Å²) in [6.45, 7) is 20.1. The van der Waals surface area contributed by atoms with Gasteiger partial charge in [0.05, 0.1) is 6.61 Å². The molecule has 0 fully saturated rings. The Kier molecular flexibility index (Phi) is 6.29. The first-order valence-electron chi connectivity index (χ1n) is 9.94. The van der Waals surface area contributed by atoms with Crippen LogP contribution >= 0.6 is 0 Å². The molecule has 0 radical (unpaired) electrons. The van der Waals surface area contributed by atoms with E-state index < -0.39 is 0 Å². The summed E-state index contributed by atoms with van der Waals surface area (Å²) in [5, 5.41) is 0. The molecule has 0 saturated carbocycles. The van der Waals surface area contributed by atoms with Gasteiger partial charge >= 0.3 is 0 Å². The van der Waals surface area contributed by atoms with Crippen LogP contribution in [0.5, 0.6) is 11.5 Å². The van der Waals surface area contributed by atoms with Crippen LogP contribution in [0.1, 0.15) is 70.7 Å². The van der Waals surface area contributed by atoms with E-state index in [9.17, 15) is 0 Å². The minimum Gasteiger partial charge on any atom is -0.493 e. The zero-order valence-corrected chi connectivity index (χ0v) is 18.6. The molecule has 0 aromatic heterocycles.